The van der Waals surface area contributed by atoms with Crippen molar-refractivity contribution < 1.29 is 14.7 Å². The Labute approximate surface area is 113 Å². The Hall–Kier alpha value is -2.24. The first kappa shape index (κ1) is 14.8. The molecule has 8 N–H and O–H groups in total. The van der Waals surface area contributed by atoms with Crippen molar-refractivity contribution in [3.8, 4) is 5.75 Å². The van der Waals surface area contributed by atoms with E-state index in [0.29, 0.717) is 12.5 Å². The van der Waals surface area contributed by atoms with E-state index in [0.717, 1.165) is 30.8 Å². The third-order valence-electron chi connectivity index (χ3n) is 2.45. The molecule has 0 saturated heterocycles. The van der Waals surface area contributed by atoms with Crippen molar-refractivity contribution in [1.29, 1.82) is 0 Å². The van der Waals surface area contributed by atoms with E-state index in [1.54, 1.807) is 0 Å². The first-order chi connectivity index (χ1) is 9.11. The molecule has 1 aromatic rings. The SMILES string of the molecule is CCCCOc1ccc(C[NH+]=C(N)[NH+]=C(N)N)cc1. The van der Waals surface area contributed by atoms with Gasteiger partial charge in [-0.15, -0.1) is 4.99 Å². The van der Waals surface area contributed by atoms with Gasteiger partial charge in [-0.1, -0.05) is 25.5 Å². The first-order valence-corrected chi connectivity index (χ1v) is 6.34. The molecule has 0 unspecified atom stereocenters. The smallest absolute Gasteiger partial charge is 0.494 e. The minimum absolute atomic E-state index is 0.0599. The monoisotopic (exact) mass is 265 g/mol. The van der Waals surface area contributed by atoms with Crippen LogP contribution in [0.3, 0.4) is 0 Å². The number of nitrogens with two attached hydrogens (primary N) is 3. The molecule has 6 heteroatoms. The molecule has 0 amide bonds. The molecule has 0 aliphatic rings. The summed E-state index contributed by atoms with van der Waals surface area (Å²) in [4.78, 5) is 5.55. The lowest BCUT2D eigenvalue weighted by molar-refractivity contribution is -0.536. The molecule has 0 fully saturated rings. The standard InChI is InChI=1S/C13H21N5O/c1-2-3-8-19-11-6-4-10(5-7-11)9-17-13(16)18-12(14)15/h4-7H,2-3,8-9H2,1H3,(H6,14,15,16,17,18)/p+2. The molecule has 19 heavy (non-hydrogen) atoms. The Morgan fingerprint density at radius 2 is 1.84 bits per heavy atom. The van der Waals surface area contributed by atoms with E-state index in [9.17, 15) is 0 Å². The van der Waals surface area contributed by atoms with Crippen molar-refractivity contribution in [1.82, 2.24) is 0 Å². The number of unbranched alkanes of at least 4 members (excludes halogenated alkanes) is 1. The Balaban J connectivity index is 2.50. The number of ether oxygens (including phenoxy) is 1. The van der Waals surface area contributed by atoms with Crippen LogP contribution < -0.4 is 31.9 Å². The molecule has 0 aliphatic carbocycles. The zero-order valence-electron chi connectivity index (χ0n) is 11.3. The molecule has 6 nitrogen and oxygen atoms in total. The lowest BCUT2D eigenvalue weighted by Crippen LogP contribution is -2.97. The molecule has 0 radical (unpaired) electrons. The molecular weight excluding hydrogens is 242 g/mol. The number of rotatable bonds is 6. The summed E-state index contributed by atoms with van der Waals surface area (Å²) in [6.07, 6.45) is 2.20. The lowest BCUT2D eigenvalue weighted by atomic mass is 10.2. The highest BCUT2D eigenvalue weighted by Gasteiger charge is 2.03. The molecule has 0 aliphatic heterocycles. The molecule has 1 rings (SSSR count). The van der Waals surface area contributed by atoms with Crippen molar-refractivity contribution in [2.75, 3.05) is 6.61 Å². The topological polar surface area (TPSA) is 115 Å². The number of hydrogen-bond acceptors (Lipinski definition) is 1. The Bertz CT molecular complexity index is 435. The van der Waals surface area contributed by atoms with E-state index in [1.165, 1.54) is 0 Å². The fraction of sp³-hybridized carbons (Fsp3) is 0.385. The van der Waals surface area contributed by atoms with E-state index in [4.69, 9.17) is 21.9 Å². The Kier molecular flexibility index (Phi) is 6.21. The molecule has 0 spiro atoms. The van der Waals surface area contributed by atoms with Gasteiger partial charge in [0.2, 0.25) is 0 Å². The normalized spacial score (nSPS) is 11.1. The molecule has 0 saturated carbocycles. The van der Waals surface area contributed by atoms with Gasteiger partial charge >= 0.3 is 5.96 Å². The van der Waals surface area contributed by atoms with Crippen LogP contribution in [0.15, 0.2) is 24.3 Å². The van der Waals surface area contributed by atoms with Crippen LogP contribution in [-0.2, 0) is 6.54 Å². The average Bonchev–Trinajstić information content (AvgIpc) is 2.37. The van der Waals surface area contributed by atoms with Gasteiger partial charge in [0.25, 0.3) is 5.96 Å². The van der Waals surface area contributed by atoms with Crippen LogP contribution in [0.2, 0.25) is 0 Å². The maximum atomic E-state index is 5.62. The highest BCUT2D eigenvalue weighted by molar-refractivity contribution is 5.75. The van der Waals surface area contributed by atoms with Gasteiger partial charge in [0.15, 0.2) is 0 Å². The lowest BCUT2D eigenvalue weighted by Gasteiger charge is -2.04. The number of guanidine groups is 2. The van der Waals surface area contributed by atoms with Gasteiger partial charge in [0, 0.05) is 5.56 Å². The summed E-state index contributed by atoms with van der Waals surface area (Å²) in [6, 6.07) is 7.85. The summed E-state index contributed by atoms with van der Waals surface area (Å²) < 4.78 is 5.58. The summed E-state index contributed by atoms with van der Waals surface area (Å²) in [5.74, 6) is 1.26. The van der Waals surface area contributed by atoms with Crippen molar-refractivity contribution >= 4 is 11.9 Å². The zero-order chi connectivity index (χ0) is 14.1. The van der Waals surface area contributed by atoms with Crippen LogP contribution in [-0.4, -0.2) is 18.5 Å². The van der Waals surface area contributed by atoms with Crippen LogP contribution in [0, 0.1) is 0 Å². The molecule has 104 valence electrons. The van der Waals surface area contributed by atoms with Crippen molar-refractivity contribution in [2.45, 2.75) is 26.3 Å². The number of nitrogens with one attached hydrogen (secondary N) is 2. The quantitative estimate of drug-likeness (QED) is 0.216. The predicted molar refractivity (Wildman–Crippen MR) is 75.1 cm³/mol. The molecular formula is C13H23N5O+2. The molecule has 0 atom stereocenters. The van der Waals surface area contributed by atoms with Gasteiger partial charge < -0.3 is 16.2 Å². The van der Waals surface area contributed by atoms with Gasteiger partial charge in [-0.3, -0.25) is 0 Å². The summed E-state index contributed by atoms with van der Waals surface area (Å²) >= 11 is 0. The summed E-state index contributed by atoms with van der Waals surface area (Å²) in [5.41, 5.74) is 17.2. The van der Waals surface area contributed by atoms with Crippen LogP contribution in [0.25, 0.3) is 0 Å². The van der Waals surface area contributed by atoms with Gasteiger partial charge in [-0.05, 0) is 18.6 Å². The third-order valence-corrected chi connectivity index (χ3v) is 2.45. The second-order valence-corrected chi connectivity index (χ2v) is 4.19. The predicted octanol–water partition coefficient (Wildman–Crippen LogP) is -2.89. The first-order valence-electron chi connectivity index (χ1n) is 6.34. The van der Waals surface area contributed by atoms with Crippen LogP contribution in [0.1, 0.15) is 25.3 Å². The van der Waals surface area contributed by atoms with Crippen LogP contribution in [0.5, 0.6) is 5.75 Å². The highest BCUT2D eigenvalue weighted by atomic mass is 16.5. The fourth-order valence-corrected chi connectivity index (χ4v) is 1.43. The second kappa shape index (κ2) is 7.97. The van der Waals surface area contributed by atoms with Gasteiger partial charge in [0.1, 0.15) is 12.3 Å². The molecule has 0 heterocycles. The molecule has 0 bridgehead atoms. The van der Waals surface area contributed by atoms with E-state index < -0.39 is 0 Å². The number of hydrogen-bond donors (Lipinski definition) is 5. The van der Waals surface area contributed by atoms with Crippen molar-refractivity contribution in [3.05, 3.63) is 29.8 Å². The fourth-order valence-electron chi connectivity index (χ4n) is 1.43. The minimum Gasteiger partial charge on any atom is -0.494 e. The van der Waals surface area contributed by atoms with E-state index in [-0.39, 0.29) is 5.96 Å². The van der Waals surface area contributed by atoms with Crippen LogP contribution in [0.4, 0.5) is 0 Å². The van der Waals surface area contributed by atoms with E-state index in [1.807, 2.05) is 24.3 Å². The summed E-state index contributed by atoms with van der Waals surface area (Å²) in [5, 5.41) is 0. The summed E-state index contributed by atoms with van der Waals surface area (Å²) in [6.45, 7) is 3.48. The van der Waals surface area contributed by atoms with Gasteiger partial charge in [0.05, 0.1) is 6.61 Å². The maximum Gasteiger partial charge on any atom is 0.517 e. The maximum absolute atomic E-state index is 5.62. The summed E-state index contributed by atoms with van der Waals surface area (Å²) in [7, 11) is 0. The van der Waals surface area contributed by atoms with Crippen LogP contribution >= 0.6 is 0 Å². The van der Waals surface area contributed by atoms with Crippen molar-refractivity contribution in [2.24, 2.45) is 17.2 Å². The zero-order valence-corrected chi connectivity index (χ0v) is 11.3. The van der Waals surface area contributed by atoms with Gasteiger partial charge in [-0.25, -0.2) is 5.73 Å². The minimum atomic E-state index is 0.0599. The van der Waals surface area contributed by atoms with E-state index >= 15 is 0 Å². The second-order valence-electron chi connectivity index (χ2n) is 4.19. The van der Waals surface area contributed by atoms with Gasteiger partial charge in [-0.2, -0.15) is 4.99 Å². The Morgan fingerprint density at radius 3 is 2.42 bits per heavy atom. The molecule has 0 aromatic heterocycles. The van der Waals surface area contributed by atoms with Crippen molar-refractivity contribution in [3.63, 3.8) is 0 Å². The molecule has 1 aromatic carbocycles. The average molecular weight is 265 g/mol. The highest BCUT2D eigenvalue weighted by Crippen LogP contribution is 2.11. The van der Waals surface area contributed by atoms with E-state index in [2.05, 4.69) is 16.9 Å². The Morgan fingerprint density at radius 1 is 1.16 bits per heavy atom. The largest absolute Gasteiger partial charge is 0.517 e. The number of benzene rings is 1. The third kappa shape index (κ3) is 6.30.